The topological polar surface area (TPSA) is 110 Å². The first-order chi connectivity index (χ1) is 18.1. The second kappa shape index (κ2) is 9.86. The van der Waals surface area contributed by atoms with E-state index in [1.807, 2.05) is 56.3 Å². The number of hydrogen-bond donors (Lipinski definition) is 3. The Labute approximate surface area is 222 Å². The van der Waals surface area contributed by atoms with Crippen LogP contribution in [0.5, 0.6) is 0 Å². The van der Waals surface area contributed by atoms with Gasteiger partial charge < -0.3 is 20.7 Å². The Morgan fingerprint density at radius 1 is 0.974 bits per heavy atom. The smallest absolute Gasteiger partial charge is 0.335 e. The van der Waals surface area contributed by atoms with Crippen molar-refractivity contribution in [2.24, 2.45) is 17.1 Å². The number of ether oxygens (including phenoxy) is 1. The van der Waals surface area contributed by atoms with Crippen molar-refractivity contribution in [3.8, 4) is 0 Å². The van der Waals surface area contributed by atoms with Crippen molar-refractivity contribution in [1.82, 2.24) is 0 Å². The zero-order valence-electron chi connectivity index (χ0n) is 21.7. The van der Waals surface area contributed by atoms with Gasteiger partial charge in [0.25, 0.3) is 0 Å². The molecular weight excluding hydrogens is 478 g/mol. The number of carboxylic acid groups (broad SMARTS) is 1. The van der Waals surface area contributed by atoms with Crippen molar-refractivity contribution in [2.75, 3.05) is 0 Å². The number of aliphatic hydroxyl groups is 1. The summed E-state index contributed by atoms with van der Waals surface area (Å²) in [4.78, 5) is 24.8. The minimum absolute atomic E-state index is 0.186. The molecule has 3 aromatic carbocycles. The molecule has 3 atom stereocenters. The second-order valence-electron chi connectivity index (χ2n) is 10.9. The first kappa shape index (κ1) is 25.9. The zero-order chi connectivity index (χ0) is 27.1. The van der Waals surface area contributed by atoms with Gasteiger partial charge >= 0.3 is 11.9 Å². The van der Waals surface area contributed by atoms with Crippen LogP contribution in [-0.2, 0) is 34.6 Å². The van der Waals surface area contributed by atoms with Gasteiger partial charge in [0.1, 0.15) is 6.04 Å². The fourth-order valence-corrected chi connectivity index (χ4v) is 6.01. The number of aromatic carboxylic acids is 1. The van der Waals surface area contributed by atoms with E-state index in [-0.39, 0.29) is 11.5 Å². The average Bonchev–Trinajstić information content (AvgIpc) is 3.42. The molecule has 6 heteroatoms. The van der Waals surface area contributed by atoms with E-state index in [4.69, 9.17) is 10.5 Å². The van der Waals surface area contributed by atoms with Crippen LogP contribution in [0.25, 0.3) is 6.08 Å². The predicted molar refractivity (Wildman–Crippen MR) is 145 cm³/mol. The van der Waals surface area contributed by atoms with E-state index >= 15 is 0 Å². The molecule has 2 aliphatic carbocycles. The summed E-state index contributed by atoms with van der Waals surface area (Å²) in [5, 5.41) is 22.0. The predicted octanol–water partition coefficient (Wildman–Crippen LogP) is 4.87. The molecule has 6 nitrogen and oxygen atoms in total. The van der Waals surface area contributed by atoms with E-state index in [9.17, 15) is 19.8 Å². The van der Waals surface area contributed by atoms with E-state index in [0.717, 1.165) is 27.8 Å². The van der Waals surface area contributed by atoms with Crippen LogP contribution in [0.3, 0.4) is 0 Å². The number of carbonyl (C=O) groups is 2. The van der Waals surface area contributed by atoms with Gasteiger partial charge in [0.05, 0.1) is 11.0 Å². The van der Waals surface area contributed by atoms with E-state index in [2.05, 4.69) is 12.1 Å². The van der Waals surface area contributed by atoms with Crippen LogP contribution in [0.2, 0.25) is 0 Å². The summed E-state index contributed by atoms with van der Waals surface area (Å²) < 4.78 is 6.11. The summed E-state index contributed by atoms with van der Waals surface area (Å²) in [6.07, 6.45) is 3.93. The SMILES string of the molecule is CC(C)CC(N)C(=O)OC1(O)c2ccccc2CC1(Cc1ccc(C(=O)O)cc1)C1=Cc2ccccc2C1. The van der Waals surface area contributed by atoms with E-state index in [1.54, 1.807) is 24.3 Å². The van der Waals surface area contributed by atoms with Crippen LogP contribution in [0.1, 0.15) is 58.4 Å². The number of carboxylic acids is 1. The van der Waals surface area contributed by atoms with Crippen LogP contribution >= 0.6 is 0 Å². The van der Waals surface area contributed by atoms with Gasteiger partial charge in [0, 0.05) is 5.56 Å². The highest BCUT2D eigenvalue weighted by atomic mass is 16.7. The molecule has 0 bridgehead atoms. The monoisotopic (exact) mass is 511 g/mol. The highest BCUT2D eigenvalue weighted by Gasteiger charge is 2.62. The van der Waals surface area contributed by atoms with E-state index < -0.39 is 29.2 Å². The molecule has 196 valence electrons. The molecule has 2 aliphatic rings. The Balaban J connectivity index is 1.64. The summed E-state index contributed by atoms with van der Waals surface area (Å²) in [5.41, 5.74) is 10.9. The highest BCUT2D eigenvalue weighted by molar-refractivity contribution is 5.87. The Morgan fingerprint density at radius 3 is 2.29 bits per heavy atom. The number of esters is 1. The average molecular weight is 512 g/mol. The van der Waals surface area contributed by atoms with Crippen LogP contribution in [0.15, 0.2) is 78.4 Å². The number of hydrogen-bond acceptors (Lipinski definition) is 5. The van der Waals surface area contributed by atoms with Crippen molar-refractivity contribution in [1.29, 1.82) is 0 Å². The van der Waals surface area contributed by atoms with Gasteiger partial charge in [-0.3, -0.25) is 4.79 Å². The lowest BCUT2D eigenvalue weighted by molar-refractivity contribution is -0.256. The summed E-state index contributed by atoms with van der Waals surface area (Å²) in [6, 6.07) is 21.4. The number of carbonyl (C=O) groups excluding carboxylic acids is 1. The Bertz CT molecular complexity index is 1410. The third-order valence-corrected chi connectivity index (χ3v) is 7.89. The number of fused-ring (bicyclic) bond motifs is 2. The van der Waals surface area contributed by atoms with Gasteiger partial charge in [-0.15, -0.1) is 0 Å². The standard InChI is InChI=1S/C32H33NO5/c1-20(2)15-28(33)30(36)38-32(37)27-10-6-5-9-25(27)19-31(32,18-21-11-13-22(14-12-21)29(34)35)26-16-23-7-3-4-8-24(23)17-26/h3-14,16,20,28,37H,15,17-19,33H2,1-2H3,(H,34,35). The first-order valence-corrected chi connectivity index (χ1v) is 13.0. The first-order valence-electron chi connectivity index (χ1n) is 13.0. The van der Waals surface area contributed by atoms with Gasteiger partial charge in [0.2, 0.25) is 5.79 Å². The molecule has 0 aliphatic heterocycles. The van der Waals surface area contributed by atoms with Crippen molar-refractivity contribution in [3.63, 3.8) is 0 Å². The molecule has 4 N–H and O–H groups in total. The van der Waals surface area contributed by atoms with Crippen molar-refractivity contribution in [2.45, 2.75) is 51.4 Å². The van der Waals surface area contributed by atoms with Crippen molar-refractivity contribution < 1.29 is 24.5 Å². The fourth-order valence-electron chi connectivity index (χ4n) is 6.01. The molecule has 0 fully saturated rings. The maximum Gasteiger partial charge on any atom is 0.335 e. The summed E-state index contributed by atoms with van der Waals surface area (Å²) in [7, 11) is 0. The van der Waals surface area contributed by atoms with E-state index in [0.29, 0.717) is 31.2 Å². The minimum Gasteiger partial charge on any atom is -0.478 e. The van der Waals surface area contributed by atoms with Gasteiger partial charge in [-0.05, 0) is 66.0 Å². The van der Waals surface area contributed by atoms with Gasteiger partial charge in [0.15, 0.2) is 0 Å². The molecule has 0 radical (unpaired) electrons. The molecule has 5 rings (SSSR count). The minimum atomic E-state index is -1.96. The number of rotatable bonds is 8. The molecule has 0 heterocycles. The Hall–Kier alpha value is -3.74. The van der Waals surface area contributed by atoms with Gasteiger partial charge in [-0.25, -0.2) is 4.79 Å². The van der Waals surface area contributed by atoms with Crippen LogP contribution in [0, 0.1) is 11.3 Å². The molecule has 0 spiro atoms. The summed E-state index contributed by atoms with van der Waals surface area (Å²) >= 11 is 0. The molecule has 0 aromatic heterocycles. The molecule has 3 unspecified atom stereocenters. The lowest BCUT2D eigenvalue weighted by Gasteiger charge is -2.43. The van der Waals surface area contributed by atoms with Crippen molar-refractivity contribution >= 4 is 18.0 Å². The maximum absolute atomic E-state index is 13.4. The Morgan fingerprint density at radius 2 is 1.63 bits per heavy atom. The fraction of sp³-hybridized carbons (Fsp3) is 0.312. The highest BCUT2D eigenvalue weighted by Crippen LogP contribution is 2.59. The third kappa shape index (κ3) is 4.44. The molecule has 0 saturated carbocycles. The van der Waals surface area contributed by atoms with E-state index in [1.165, 1.54) is 0 Å². The van der Waals surface area contributed by atoms with Crippen LogP contribution in [-0.4, -0.2) is 28.2 Å². The van der Waals surface area contributed by atoms with Crippen LogP contribution < -0.4 is 5.73 Å². The largest absolute Gasteiger partial charge is 0.478 e. The second-order valence-corrected chi connectivity index (χ2v) is 10.9. The van der Waals surface area contributed by atoms with Crippen LogP contribution in [0.4, 0.5) is 0 Å². The summed E-state index contributed by atoms with van der Waals surface area (Å²) in [5.74, 6) is -3.42. The quantitative estimate of drug-likeness (QED) is 0.294. The molecule has 3 aromatic rings. The normalized spacial score (nSPS) is 22.5. The third-order valence-electron chi connectivity index (χ3n) is 7.89. The van der Waals surface area contributed by atoms with Gasteiger partial charge in [-0.1, -0.05) is 86.2 Å². The lowest BCUT2D eigenvalue weighted by atomic mass is 9.68. The molecule has 38 heavy (non-hydrogen) atoms. The van der Waals surface area contributed by atoms with Gasteiger partial charge in [-0.2, -0.15) is 0 Å². The Kier molecular flexibility index (Phi) is 6.72. The molecule has 0 amide bonds. The maximum atomic E-state index is 13.4. The zero-order valence-corrected chi connectivity index (χ0v) is 21.7. The summed E-state index contributed by atoms with van der Waals surface area (Å²) in [6.45, 7) is 3.97. The number of benzene rings is 3. The molecular formula is C32H33NO5. The molecule has 0 saturated heterocycles. The van der Waals surface area contributed by atoms with Crippen molar-refractivity contribution in [3.05, 3.63) is 112 Å². The lowest BCUT2D eigenvalue weighted by Crippen LogP contribution is -2.51. The number of nitrogens with two attached hydrogens (primary N) is 1.